The zero-order chi connectivity index (χ0) is 16.2. The minimum atomic E-state index is -0.137. The molecule has 0 aromatic heterocycles. The summed E-state index contributed by atoms with van der Waals surface area (Å²) in [5.74, 6) is 0. The quantitative estimate of drug-likeness (QED) is 0.874. The number of urea groups is 1. The fourth-order valence-corrected chi connectivity index (χ4v) is 3.05. The molecule has 2 aromatic rings. The highest BCUT2D eigenvalue weighted by Crippen LogP contribution is 2.25. The van der Waals surface area contributed by atoms with Gasteiger partial charge in [-0.15, -0.1) is 0 Å². The molecule has 1 aliphatic heterocycles. The fourth-order valence-electron chi connectivity index (χ4n) is 2.59. The molecule has 2 amide bonds. The van der Waals surface area contributed by atoms with Gasteiger partial charge in [-0.1, -0.05) is 41.4 Å². The number of amides is 2. The van der Waals surface area contributed by atoms with E-state index in [4.69, 9.17) is 23.2 Å². The molecule has 4 nitrogen and oxygen atoms in total. The number of benzene rings is 2. The Kier molecular flexibility index (Phi) is 4.94. The Morgan fingerprint density at radius 1 is 0.957 bits per heavy atom. The van der Waals surface area contributed by atoms with E-state index in [1.54, 1.807) is 23.1 Å². The average Bonchev–Trinajstić information content (AvgIpc) is 2.58. The van der Waals surface area contributed by atoms with E-state index in [-0.39, 0.29) is 6.03 Å². The van der Waals surface area contributed by atoms with Crippen molar-refractivity contribution in [2.75, 3.05) is 36.4 Å². The van der Waals surface area contributed by atoms with Gasteiger partial charge in [0.2, 0.25) is 0 Å². The summed E-state index contributed by atoms with van der Waals surface area (Å²) in [6.07, 6.45) is 0. The molecule has 2 aromatic carbocycles. The van der Waals surface area contributed by atoms with Crippen molar-refractivity contribution >= 4 is 40.6 Å². The van der Waals surface area contributed by atoms with E-state index in [2.05, 4.69) is 22.3 Å². The van der Waals surface area contributed by atoms with Gasteiger partial charge in [-0.05, 0) is 30.3 Å². The van der Waals surface area contributed by atoms with Crippen molar-refractivity contribution in [1.82, 2.24) is 4.90 Å². The molecule has 0 radical (unpaired) electrons. The number of nitrogens with one attached hydrogen (secondary N) is 1. The number of anilines is 2. The molecular weight excluding hydrogens is 333 g/mol. The summed E-state index contributed by atoms with van der Waals surface area (Å²) in [5, 5.41) is 3.82. The van der Waals surface area contributed by atoms with Crippen molar-refractivity contribution < 1.29 is 4.79 Å². The summed E-state index contributed by atoms with van der Waals surface area (Å²) in [6.45, 7) is 2.97. The molecule has 0 spiro atoms. The van der Waals surface area contributed by atoms with Gasteiger partial charge in [-0.25, -0.2) is 4.79 Å². The maximum atomic E-state index is 12.4. The summed E-state index contributed by atoms with van der Waals surface area (Å²) >= 11 is 12.0. The molecule has 0 bridgehead atoms. The van der Waals surface area contributed by atoms with E-state index in [0.29, 0.717) is 28.8 Å². The number of halogens is 2. The predicted octanol–water partition coefficient (Wildman–Crippen LogP) is 4.35. The number of nitrogens with zero attached hydrogens (tertiary/aromatic N) is 2. The van der Waals surface area contributed by atoms with Crippen LogP contribution in [-0.4, -0.2) is 37.1 Å². The zero-order valence-electron chi connectivity index (χ0n) is 12.5. The summed E-state index contributed by atoms with van der Waals surface area (Å²) < 4.78 is 0. The Morgan fingerprint density at radius 2 is 1.65 bits per heavy atom. The Bertz CT molecular complexity index is 685. The van der Waals surface area contributed by atoms with Crippen molar-refractivity contribution in [2.24, 2.45) is 0 Å². The number of piperazine rings is 1. The van der Waals surface area contributed by atoms with Crippen molar-refractivity contribution in [3.8, 4) is 0 Å². The lowest BCUT2D eigenvalue weighted by atomic mass is 10.2. The van der Waals surface area contributed by atoms with E-state index in [1.807, 2.05) is 18.2 Å². The van der Waals surface area contributed by atoms with Crippen LogP contribution in [0.2, 0.25) is 10.0 Å². The van der Waals surface area contributed by atoms with Crippen LogP contribution in [0.15, 0.2) is 48.5 Å². The van der Waals surface area contributed by atoms with Crippen LogP contribution < -0.4 is 10.2 Å². The van der Waals surface area contributed by atoms with Crippen LogP contribution in [0.1, 0.15) is 0 Å². The number of hydrogen-bond donors (Lipinski definition) is 1. The van der Waals surface area contributed by atoms with Crippen LogP contribution in [0.25, 0.3) is 0 Å². The van der Waals surface area contributed by atoms with E-state index < -0.39 is 0 Å². The molecule has 0 atom stereocenters. The van der Waals surface area contributed by atoms with Crippen LogP contribution in [0.4, 0.5) is 16.2 Å². The van der Waals surface area contributed by atoms with Gasteiger partial charge in [-0.2, -0.15) is 0 Å². The highest BCUT2D eigenvalue weighted by Gasteiger charge is 2.21. The number of carbonyl (C=O) groups excluding carboxylic acids is 1. The Labute approximate surface area is 145 Å². The second kappa shape index (κ2) is 7.11. The third-order valence-electron chi connectivity index (χ3n) is 3.86. The Hall–Kier alpha value is -1.91. The maximum absolute atomic E-state index is 12.4. The first-order valence-electron chi connectivity index (χ1n) is 7.44. The molecule has 0 unspecified atom stereocenters. The molecule has 1 saturated heterocycles. The van der Waals surface area contributed by atoms with Gasteiger partial charge < -0.3 is 15.1 Å². The minimum Gasteiger partial charge on any atom is -0.368 e. The lowest BCUT2D eigenvalue weighted by molar-refractivity contribution is 0.208. The molecule has 3 rings (SSSR count). The van der Waals surface area contributed by atoms with Gasteiger partial charge in [0.15, 0.2) is 0 Å². The van der Waals surface area contributed by atoms with Gasteiger partial charge in [0.25, 0.3) is 0 Å². The van der Waals surface area contributed by atoms with E-state index in [9.17, 15) is 4.79 Å². The largest absolute Gasteiger partial charge is 0.368 e. The molecule has 6 heteroatoms. The van der Waals surface area contributed by atoms with Crippen LogP contribution in [-0.2, 0) is 0 Å². The molecule has 1 fully saturated rings. The number of rotatable bonds is 2. The molecule has 0 saturated carbocycles. The van der Waals surface area contributed by atoms with Crippen molar-refractivity contribution in [2.45, 2.75) is 0 Å². The lowest BCUT2D eigenvalue weighted by Crippen LogP contribution is -2.50. The minimum absolute atomic E-state index is 0.137. The van der Waals surface area contributed by atoms with Gasteiger partial charge >= 0.3 is 6.03 Å². The number of hydrogen-bond acceptors (Lipinski definition) is 2. The average molecular weight is 350 g/mol. The van der Waals surface area contributed by atoms with Gasteiger partial charge in [0.05, 0.1) is 10.7 Å². The maximum Gasteiger partial charge on any atom is 0.322 e. The second-order valence-electron chi connectivity index (χ2n) is 5.36. The summed E-state index contributed by atoms with van der Waals surface area (Å²) in [4.78, 5) is 16.4. The van der Waals surface area contributed by atoms with Crippen molar-refractivity contribution in [3.63, 3.8) is 0 Å². The highest BCUT2D eigenvalue weighted by molar-refractivity contribution is 6.36. The lowest BCUT2D eigenvalue weighted by Gasteiger charge is -2.36. The smallest absolute Gasteiger partial charge is 0.322 e. The topological polar surface area (TPSA) is 35.6 Å². The highest BCUT2D eigenvalue weighted by atomic mass is 35.5. The van der Waals surface area contributed by atoms with E-state index >= 15 is 0 Å². The molecule has 0 aliphatic carbocycles. The summed E-state index contributed by atoms with van der Waals surface area (Å²) in [7, 11) is 0. The van der Waals surface area contributed by atoms with Gasteiger partial charge in [0, 0.05) is 36.9 Å². The van der Waals surface area contributed by atoms with Crippen molar-refractivity contribution in [1.29, 1.82) is 0 Å². The molecular formula is C17H17Cl2N3O. The first-order valence-corrected chi connectivity index (χ1v) is 8.20. The summed E-state index contributed by atoms with van der Waals surface area (Å²) in [6, 6.07) is 15.1. The Morgan fingerprint density at radius 3 is 2.30 bits per heavy atom. The van der Waals surface area contributed by atoms with Crippen molar-refractivity contribution in [3.05, 3.63) is 58.6 Å². The number of para-hydroxylation sites is 1. The third kappa shape index (κ3) is 3.89. The van der Waals surface area contributed by atoms with E-state index in [1.165, 1.54) is 5.69 Å². The van der Waals surface area contributed by atoms with Crippen LogP contribution in [0, 0.1) is 0 Å². The molecule has 1 N–H and O–H groups in total. The molecule has 1 heterocycles. The summed E-state index contributed by atoms with van der Waals surface area (Å²) in [5.41, 5.74) is 1.76. The monoisotopic (exact) mass is 349 g/mol. The number of carbonyl (C=O) groups is 1. The zero-order valence-corrected chi connectivity index (χ0v) is 14.0. The third-order valence-corrected chi connectivity index (χ3v) is 4.41. The molecule has 23 heavy (non-hydrogen) atoms. The van der Waals surface area contributed by atoms with Crippen LogP contribution in [0.3, 0.4) is 0 Å². The predicted molar refractivity (Wildman–Crippen MR) is 95.7 cm³/mol. The second-order valence-corrected chi connectivity index (χ2v) is 6.21. The first kappa shape index (κ1) is 16.0. The first-order chi connectivity index (χ1) is 11.1. The standard InChI is InChI=1S/C17H17Cl2N3O/c18-13-6-7-16(15(19)12-13)20-17(23)22-10-8-21(9-11-22)14-4-2-1-3-5-14/h1-7,12H,8-11H2,(H,20,23). The SMILES string of the molecule is O=C(Nc1ccc(Cl)cc1Cl)N1CCN(c2ccccc2)CC1. The van der Waals surface area contributed by atoms with Gasteiger partial charge in [-0.3, -0.25) is 0 Å². The van der Waals surface area contributed by atoms with Gasteiger partial charge in [0.1, 0.15) is 0 Å². The van der Waals surface area contributed by atoms with Crippen LogP contribution in [0.5, 0.6) is 0 Å². The Balaban J connectivity index is 1.58. The van der Waals surface area contributed by atoms with E-state index in [0.717, 1.165) is 13.1 Å². The molecule has 1 aliphatic rings. The molecule has 120 valence electrons. The normalized spacial score (nSPS) is 14.7. The van der Waals surface area contributed by atoms with Crippen LogP contribution >= 0.6 is 23.2 Å². The fraction of sp³-hybridized carbons (Fsp3) is 0.235.